The van der Waals surface area contributed by atoms with Crippen LogP contribution in [0.4, 0.5) is 0 Å². The maximum atomic E-state index is 6.27. The Labute approximate surface area is 175 Å². The summed E-state index contributed by atoms with van der Waals surface area (Å²) in [6, 6.07) is 13.9. The molecule has 0 amide bonds. The van der Waals surface area contributed by atoms with Gasteiger partial charge in [-0.05, 0) is 37.6 Å². The van der Waals surface area contributed by atoms with E-state index in [2.05, 4.69) is 44.9 Å². The zero-order valence-electron chi connectivity index (χ0n) is 15.0. The number of nitrogens with zero attached hydrogens (tertiary/aromatic N) is 3. The van der Waals surface area contributed by atoms with Crippen molar-refractivity contribution in [3.63, 3.8) is 0 Å². The maximum absolute atomic E-state index is 6.27. The van der Waals surface area contributed by atoms with E-state index in [4.69, 9.17) is 11.6 Å². The van der Waals surface area contributed by atoms with Crippen LogP contribution >= 0.6 is 35.6 Å². The predicted molar refractivity (Wildman–Crippen MR) is 119 cm³/mol. The molecule has 1 atom stereocenters. The van der Waals surface area contributed by atoms with Crippen LogP contribution in [0.1, 0.15) is 29.9 Å². The monoisotopic (exact) mass is 483 g/mol. The van der Waals surface area contributed by atoms with Gasteiger partial charge in [-0.15, -0.1) is 24.0 Å². The average molecular weight is 484 g/mol. The molecule has 2 N–H and O–H groups in total. The van der Waals surface area contributed by atoms with E-state index in [1.165, 1.54) is 0 Å². The third kappa shape index (κ3) is 4.67. The molecule has 2 aromatic heterocycles. The van der Waals surface area contributed by atoms with Gasteiger partial charge in [-0.1, -0.05) is 35.9 Å². The zero-order valence-corrected chi connectivity index (χ0v) is 18.1. The van der Waals surface area contributed by atoms with Gasteiger partial charge in [0.05, 0.1) is 18.3 Å². The quantitative estimate of drug-likeness (QED) is 0.330. The molecule has 0 saturated heterocycles. The highest BCUT2D eigenvalue weighted by Crippen LogP contribution is 2.21. The maximum Gasteiger partial charge on any atom is 0.191 e. The average Bonchev–Trinajstić information content (AvgIpc) is 3.03. The van der Waals surface area contributed by atoms with Crippen molar-refractivity contribution in [2.24, 2.45) is 4.99 Å². The molecule has 5 nitrogen and oxygen atoms in total. The summed E-state index contributed by atoms with van der Waals surface area (Å²) >= 11 is 6.27. The first-order chi connectivity index (χ1) is 12.1. The number of aromatic nitrogens is 2. The molecule has 3 rings (SSSR count). The summed E-state index contributed by atoms with van der Waals surface area (Å²) < 4.78 is 2.08. The second-order valence-electron chi connectivity index (χ2n) is 5.94. The lowest BCUT2D eigenvalue weighted by molar-refractivity contribution is 0.683. The SMILES string of the molecule is CN=C(NCc1cn2c(C)cccc2n1)NC(C)c1ccccc1Cl.I. The molecule has 0 aliphatic carbocycles. The van der Waals surface area contributed by atoms with E-state index in [1.807, 2.05) is 42.6 Å². The lowest BCUT2D eigenvalue weighted by Crippen LogP contribution is -2.38. The number of aryl methyl sites for hydroxylation is 1. The summed E-state index contributed by atoms with van der Waals surface area (Å²) in [6.45, 7) is 4.72. The van der Waals surface area contributed by atoms with Gasteiger partial charge in [0, 0.05) is 24.0 Å². The van der Waals surface area contributed by atoms with Gasteiger partial charge in [0.25, 0.3) is 0 Å². The van der Waals surface area contributed by atoms with Crippen LogP contribution in [-0.4, -0.2) is 22.4 Å². The Hall–Kier alpha value is -1.80. The molecule has 1 unspecified atom stereocenters. The molecule has 7 heteroatoms. The van der Waals surface area contributed by atoms with E-state index in [-0.39, 0.29) is 30.0 Å². The Bertz CT molecular complexity index is 906. The molecule has 0 bridgehead atoms. The van der Waals surface area contributed by atoms with Crippen molar-refractivity contribution in [2.75, 3.05) is 7.05 Å². The first kappa shape index (κ1) is 20.5. The summed E-state index contributed by atoms with van der Waals surface area (Å²) in [5, 5.41) is 7.41. The Morgan fingerprint density at radius 2 is 2.00 bits per heavy atom. The number of halogens is 2. The lowest BCUT2D eigenvalue weighted by atomic mass is 10.1. The standard InChI is InChI=1S/C19H22ClN5.HI/c1-13-7-6-10-18-24-15(12-25(13)18)11-22-19(21-3)23-14(2)16-8-4-5-9-17(16)20;/h4-10,12,14H,11H2,1-3H3,(H2,21,22,23);1H. The van der Waals surface area contributed by atoms with E-state index < -0.39 is 0 Å². The van der Waals surface area contributed by atoms with Crippen LogP contribution < -0.4 is 10.6 Å². The fourth-order valence-electron chi connectivity index (χ4n) is 2.76. The fraction of sp³-hybridized carbons (Fsp3) is 0.263. The number of pyridine rings is 1. The fourth-order valence-corrected chi connectivity index (χ4v) is 3.06. The van der Waals surface area contributed by atoms with Crippen molar-refractivity contribution in [2.45, 2.75) is 26.4 Å². The van der Waals surface area contributed by atoms with Crippen LogP contribution in [0.5, 0.6) is 0 Å². The van der Waals surface area contributed by atoms with Gasteiger partial charge < -0.3 is 15.0 Å². The van der Waals surface area contributed by atoms with E-state index in [9.17, 15) is 0 Å². The molecule has 3 aromatic rings. The number of nitrogens with one attached hydrogen (secondary N) is 2. The van der Waals surface area contributed by atoms with E-state index in [1.54, 1.807) is 7.05 Å². The van der Waals surface area contributed by atoms with E-state index >= 15 is 0 Å². The minimum Gasteiger partial charge on any atom is -0.351 e. The number of hydrogen-bond donors (Lipinski definition) is 2. The number of aliphatic imine (C=N–C) groups is 1. The van der Waals surface area contributed by atoms with Crippen LogP contribution in [0.25, 0.3) is 5.65 Å². The largest absolute Gasteiger partial charge is 0.351 e. The molecule has 1 aromatic carbocycles. The first-order valence-electron chi connectivity index (χ1n) is 8.23. The molecule has 2 heterocycles. The number of guanidine groups is 1. The minimum atomic E-state index is 0. The highest BCUT2D eigenvalue weighted by molar-refractivity contribution is 14.0. The Morgan fingerprint density at radius 3 is 2.69 bits per heavy atom. The van der Waals surface area contributed by atoms with Crippen LogP contribution in [-0.2, 0) is 6.54 Å². The van der Waals surface area contributed by atoms with Gasteiger partial charge in [-0.3, -0.25) is 4.99 Å². The molecular formula is C19H23ClIN5. The topological polar surface area (TPSA) is 53.7 Å². The van der Waals surface area contributed by atoms with Crippen molar-refractivity contribution in [3.8, 4) is 0 Å². The normalized spacial score (nSPS) is 12.5. The van der Waals surface area contributed by atoms with Crippen molar-refractivity contribution in [3.05, 3.63) is 70.6 Å². The number of rotatable bonds is 4. The van der Waals surface area contributed by atoms with Crippen molar-refractivity contribution >= 4 is 47.2 Å². The Morgan fingerprint density at radius 1 is 1.23 bits per heavy atom. The summed E-state index contributed by atoms with van der Waals surface area (Å²) in [5.41, 5.74) is 4.10. The smallest absolute Gasteiger partial charge is 0.191 e. The van der Waals surface area contributed by atoms with E-state index in [0.29, 0.717) is 12.5 Å². The van der Waals surface area contributed by atoms with Crippen LogP contribution in [0, 0.1) is 6.92 Å². The highest BCUT2D eigenvalue weighted by atomic mass is 127. The van der Waals surface area contributed by atoms with Gasteiger partial charge in [-0.25, -0.2) is 4.98 Å². The van der Waals surface area contributed by atoms with Gasteiger partial charge in [-0.2, -0.15) is 0 Å². The highest BCUT2D eigenvalue weighted by Gasteiger charge is 2.11. The van der Waals surface area contributed by atoms with Crippen molar-refractivity contribution < 1.29 is 0 Å². The number of imidazole rings is 1. The van der Waals surface area contributed by atoms with Crippen molar-refractivity contribution in [1.82, 2.24) is 20.0 Å². The van der Waals surface area contributed by atoms with Gasteiger partial charge in [0.2, 0.25) is 0 Å². The van der Waals surface area contributed by atoms with Gasteiger partial charge >= 0.3 is 0 Å². The summed E-state index contributed by atoms with van der Waals surface area (Å²) in [4.78, 5) is 8.91. The second kappa shape index (κ2) is 9.23. The summed E-state index contributed by atoms with van der Waals surface area (Å²) in [7, 11) is 1.75. The van der Waals surface area contributed by atoms with Crippen LogP contribution in [0.2, 0.25) is 5.02 Å². The third-order valence-corrected chi connectivity index (χ3v) is 4.48. The second-order valence-corrected chi connectivity index (χ2v) is 6.35. The number of fused-ring (bicyclic) bond motifs is 1. The van der Waals surface area contributed by atoms with Crippen molar-refractivity contribution in [1.29, 1.82) is 0 Å². The molecule has 0 saturated carbocycles. The molecule has 0 spiro atoms. The Balaban J connectivity index is 0.00000243. The van der Waals surface area contributed by atoms with Gasteiger partial charge in [0.15, 0.2) is 5.96 Å². The van der Waals surface area contributed by atoms with Crippen LogP contribution in [0.3, 0.4) is 0 Å². The number of hydrogen-bond acceptors (Lipinski definition) is 2. The molecular weight excluding hydrogens is 461 g/mol. The molecule has 0 fully saturated rings. The predicted octanol–water partition coefficient (Wildman–Crippen LogP) is 4.34. The summed E-state index contributed by atoms with van der Waals surface area (Å²) in [6.07, 6.45) is 2.04. The van der Waals surface area contributed by atoms with Crippen LogP contribution in [0.15, 0.2) is 53.7 Å². The van der Waals surface area contributed by atoms with E-state index in [0.717, 1.165) is 27.6 Å². The minimum absolute atomic E-state index is 0. The molecule has 26 heavy (non-hydrogen) atoms. The Kier molecular flexibility index (Phi) is 7.28. The zero-order chi connectivity index (χ0) is 17.8. The van der Waals surface area contributed by atoms with Gasteiger partial charge in [0.1, 0.15) is 5.65 Å². The molecule has 0 aliphatic rings. The summed E-state index contributed by atoms with van der Waals surface area (Å²) in [5.74, 6) is 0.709. The molecule has 138 valence electrons. The third-order valence-electron chi connectivity index (χ3n) is 4.13. The molecule has 0 radical (unpaired) electrons. The lowest BCUT2D eigenvalue weighted by Gasteiger charge is -2.18. The first-order valence-corrected chi connectivity index (χ1v) is 8.61. The molecule has 0 aliphatic heterocycles. The number of benzene rings is 1.